The van der Waals surface area contributed by atoms with E-state index < -0.39 is 0 Å². The molecule has 1 fully saturated rings. The van der Waals surface area contributed by atoms with E-state index in [0.717, 1.165) is 13.1 Å². The van der Waals surface area contributed by atoms with Gasteiger partial charge in [0.05, 0.1) is 0 Å². The summed E-state index contributed by atoms with van der Waals surface area (Å²) in [5, 5.41) is 5.63. The SMILES string of the molecule is CNC(=O)c1cc(OC2CNC2)ccn1. The Labute approximate surface area is 87.8 Å². The second kappa shape index (κ2) is 4.27. The molecule has 0 radical (unpaired) electrons. The molecule has 2 N–H and O–H groups in total. The van der Waals surface area contributed by atoms with Gasteiger partial charge in [-0.1, -0.05) is 0 Å². The molecule has 0 aromatic carbocycles. The van der Waals surface area contributed by atoms with Crippen molar-refractivity contribution in [2.24, 2.45) is 0 Å². The molecule has 2 rings (SSSR count). The number of pyridine rings is 1. The van der Waals surface area contributed by atoms with Gasteiger partial charge >= 0.3 is 0 Å². The Morgan fingerprint density at radius 3 is 3.07 bits per heavy atom. The molecular weight excluding hydrogens is 194 g/mol. The summed E-state index contributed by atoms with van der Waals surface area (Å²) in [4.78, 5) is 15.2. The monoisotopic (exact) mass is 207 g/mol. The first-order chi connectivity index (χ1) is 7.29. The molecule has 0 spiro atoms. The molecule has 1 aliphatic rings. The van der Waals surface area contributed by atoms with Crippen molar-refractivity contribution < 1.29 is 9.53 Å². The van der Waals surface area contributed by atoms with Crippen LogP contribution < -0.4 is 15.4 Å². The van der Waals surface area contributed by atoms with Gasteiger partial charge in [-0.05, 0) is 6.07 Å². The molecule has 1 aliphatic heterocycles. The van der Waals surface area contributed by atoms with Crippen LogP contribution in [0, 0.1) is 0 Å². The molecule has 0 bridgehead atoms. The zero-order valence-corrected chi connectivity index (χ0v) is 8.49. The summed E-state index contributed by atoms with van der Waals surface area (Å²) in [5.74, 6) is 0.488. The molecule has 0 atom stereocenters. The van der Waals surface area contributed by atoms with Crippen LogP contribution in [0.2, 0.25) is 0 Å². The van der Waals surface area contributed by atoms with Crippen molar-refractivity contribution in [1.29, 1.82) is 0 Å². The third-order valence-corrected chi connectivity index (χ3v) is 2.24. The van der Waals surface area contributed by atoms with Crippen LogP contribution in [0.1, 0.15) is 10.5 Å². The van der Waals surface area contributed by atoms with Crippen LogP contribution in [0.3, 0.4) is 0 Å². The minimum absolute atomic E-state index is 0.202. The fourth-order valence-corrected chi connectivity index (χ4v) is 1.27. The van der Waals surface area contributed by atoms with E-state index in [1.165, 1.54) is 0 Å². The predicted octanol–water partition coefficient (Wildman–Crippen LogP) is -0.208. The van der Waals surface area contributed by atoms with E-state index >= 15 is 0 Å². The number of nitrogens with zero attached hydrogens (tertiary/aromatic N) is 1. The molecule has 5 nitrogen and oxygen atoms in total. The normalized spacial score (nSPS) is 15.5. The Hall–Kier alpha value is -1.62. The van der Waals surface area contributed by atoms with E-state index in [2.05, 4.69) is 15.6 Å². The average Bonchev–Trinajstić information content (AvgIpc) is 2.23. The lowest BCUT2D eigenvalue weighted by Crippen LogP contribution is -2.50. The number of amides is 1. The number of nitrogens with one attached hydrogen (secondary N) is 2. The van der Waals surface area contributed by atoms with Gasteiger partial charge in [0.2, 0.25) is 0 Å². The van der Waals surface area contributed by atoms with Crippen LogP contribution >= 0.6 is 0 Å². The minimum Gasteiger partial charge on any atom is -0.488 e. The average molecular weight is 207 g/mol. The minimum atomic E-state index is -0.202. The van der Waals surface area contributed by atoms with E-state index in [9.17, 15) is 4.79 Å². The van der Waals surface area contributed by atoms with Gasteiger partial charge in [0.15, 0.2) is 0 Å². The van der Waals surface area contributed by atoms with Crippen LogP contribution in [0.5, 0.6) is 5.75 Å². The van der Waals surface area contributed by atoms with Crippen molar-refractivity contribution in [3.05, 3.63) is 24.0 Å². The summed E-state index contributed by atoms with van der Waals surface area (Å²) in [5.41, 5.74) is 0.377. The van der Waals surface area contributed by atoms with E-state index in [1.54, 1.807) is 25.4 Å². The fraction of sp³-hybridized carbons (Fsp3) is 0.400. The largest absolute Gasteiger partial charge is 0.488 e. The van der Waals surface area contributed by atoms with Gasteiger partial charge in [-0.2, -0.15) is 0 Å². The van der Waals surface area contributed by atoms with E-state index in [-0.39, 0.29) is 12.0 Å². The maximum absolute atomic E-state index is 11.3. The smallest absolute Gasteiger partial charge is 0.269 e. The molecule has 1 saturated heterocycles. The van der Waals surface area contributed by atoms with Gasteiger partial charge in [0.25, 0.3) is 5.91 Å². The van der Waals surface area contributed by atoms with Crippen molar-refractivity contribution in [2.75, 3.05) is 20.1 Å². The number of carbonyl (C=O) groups is 1. The lowest BCUT2D eigenvalue weighted by Gasteiger charge is -2.27. The Balaban J connectivity index is 2.07. The Kier molecular flexibility index (Phi) is 2.82. The summed E-state index contributed by atoms with van der Waals surface area (Å²) in [6, 6.07) is 3.40. The molecule has 2 heterocycles. The topological polar surface area (TPSA) is 63.2 Å². The lowest BCUT2D eigenvalue weighted by atomic mass is 10.2. The molecule has 1 aromatic heterocycles. The van der Waals surface area contributed by atoms with Crippen molar-refractivity contribution >= 4 is 5.91 Å². The molecule has 0 unspecified atom stereocenters. The third kappa shape index (κ3) is 2.24. The van der Waals surface area contributed by atoms with E-state index in [1.807, 2.05) is 0 Å². The Morgan fingerprint density at radius 1 is 1.67 bits per heavy atom. The molecular formula is C10H13N3O2. The molecule has 5 heteroatoms. The standard InChI is InChI=1S/C10H13N3O2/c1-11-10(14)9-4-7(2-3-13-9)15-8-5-12-6-8/h2-4,8,12H,5-6H2,1H3,(H,11,14). The summed E-state index contributed by atoms with van der Waals surface area (Å²) in [6.45, 7) is 1.72. The summed E-state index contributed by atoms with van der Waals surface area (Å²) < 4.78 is 5.60. The van der Waals surface area contributed by atoms with Crippen LogP contribution in [0.15, 0.2) is 18.3 Å². The number of hydrogen-bond donors (Lipinski definition) is 2. The maximum atomic E-state index is 11.3. The Bertz CT molecular complexity index is 363. The summed E-state index contributed by atoms with van der Waals surface area (Å²) in [6.07, 6.45) is 1.79. The quantitative estimate of drug-likeness (QED) is 0.720. The van der Waals surface area contributed by atoms with Crippen molar-refractivity contribution in [2.45, 2.75) is 6.10 Å². The second-order valence-corrected chi connectivity index (χ2v) is 3.35. The number of aromatic nitrogens is 1. The first kappa shape index (κ1) is 9.92. The fourth-order valence-electron chi connectivity index (χ4n) is 1.27. The highest BCUT2D eigenvalue weighted by molar-refractivity contribution is 5.92. The molecule has 15 heavy (non-hydrogen) atoms. The Morgan fingerprint density at radius 2 is 2.47 bits per heavy atom. The molecule has 80 valence electrons. The zero-order valence-electron chi connectivity index (χ0n) is 8.49. The zero-order chi connectivity index (χ0) is 10.7. The molecule has 0 saturated carbocycles. The number of rotatable bonds is 3. The van der Waals surface area contributed by atoms with Gasteiger partial charge in [0, 0.05) is 32.4 Å². The molecule has 1 amide bonds. The van der Waals surface area contributed by atoms with Gasteiger partial charge < -0.3 is 15.4 Å². The lowest BCUT2D eigenvalue weighted by molar-refractivity contribution is 0.0956. The predicted molar refractivity (Wildman–Crippen MR) is 54.9 cm³/mol. The highest BCUT2D eigenvalue weighted by atomic mass is 16.5. The van der Waals surface area contributed by atoms with Gasteiger partial charge in [-0.25, -0.2) is 0 Å². The van der Waals surface area contributed by atoms with Gasteiger partial charge in [0.1, 0.15) is 17.5 Å². The molecule has 1 aromatic rings. The van der Waals surface area contributed by atoms with Crippen LogP contribution in [0.25, 0.3) is 0 Å². The highest BCUT2D eigenvalue weighted by Gasteiger charge is 2.18. The van der Waals surface area contributed by atoms with Gasteiger partial charge in [-0.3, -0.25) is 9.78 Å². The van der Waals surface area contributed by atoms with E-state index in [4.69, 9.17) is 4.74 Å². The molecule has 0 aliphatic carbocycles. The number of ether oxygens (including phenoxy) is 1. The third-order valence-electron chi connectivity index (χ3n) is 2.24. The van der Waals surface area contributed by atoms with Crippen molar-refractivity contribution in [3.8, 4) is 5.75 Å². The summed E-state index contributed by atoms with van der Waals surface area (Å²) >= 11 is 0. The van der Waals surface area contributed by atoms with Crippen LogP contribution in [0.4, 0.5) is 0 Å². The van der Waals surface area contributed by atoms with Crippen LogP contribution in [-0.4, -0.2) is 37.1 Å². The van der Waals surface area contributed by atoms with E-state index in [0.29, 0.717) is 11.4 Å². The van der Waals surface area contributed by atoms with Crippen molar-refractivity contribution in [1.82, 2.24) is 15.6 Å². The highest BCUT2D eigenvalue weighted by Crippen LogP contribution is 2.14. The maximum Gasteiger partial charge on any atom is 0.269 e. The van der Waals surface area contributed by atoms with Crippen molar-refractivity contribution in [3.63, 3.8) is 0 Å². The van der Waals surface area contributed by atoms with Crippen LogP contribution in [-0.2, 0) is 0 Å². The number of hydrogen-bond acceptors (Lipinski definition) is 4. The second-order valence-electron chi connectivity index (χ2n) is 3.35. The first-order valence-corrected chi connectivity index (χ1v) is 4.85. The van der Waals surface area contributed by atoms with Gasteiger partial charge in [-0.15, -0.1) is 0 Å². The summed E-state index contributed by atoms with van der Waals surface area (Å²) in [7, 11) is 1.58. The number of carbonyl (C=O) groups excluding carboxylic acids is 1. The first-order valence-electron chi connectivity index (χ1n) is 4.85.